The summed E-state index contributed by atoms with van der Waals surface area (Å²) in [5.41, 5.74) is 0.862. The molecule has 32 heteroatoms. The molecule has 11 rings (SSSR count). The topological polar surface area (TPSA) is 501 Å². The van der Waals surface area contributed by atoms with E-state index in [4.69, 9.17) is 61.6 Å². The molecule has 0 aromatic rings. The van der Waals surface area contributed by atoms with Crippen molar-refractivity contribution in [2.45, 2.75) is 309 Å². The highest BCUT2D eigenvalue weighted by Crippen LogP contribution is 2.74. The molecule has 0 bridgehead atoms. The van der Waals surface area contributed by atoms with Crippen LogP contribution in [-0.4, -0.2) is 333 Å². The van der Waals surface area contributed by atoms with Gasteiger partial charge in [0.05, 0.1) is 57.5 Å². The van der Waals surface area contributed by atoms with Gasteiger partial charge in [0.1, 0.15) is 140 Å². The van der Waals surface area contributed by atoms with Crippen LogP contribution in [0.3, 0.4) is 0 Å². The number of ketones is 1. The number of carbonyl (C=O) groups excluding carboxylic acids is 1. The standard InChI is InChI=1S/C64H104O32/c1-8-28(69)30-15-24(2)64(96-30)21-60(4)13-11-26-27(63(60,7)22-64)9-10-35-61(26,5)14-12-36(62(35,6)23-68)91-55-48(82)45(79)41(75)34(90-55)20-85-57-51(38(72)29(70)19-84-57)94-59-53(95-54-47(81)43(77)37(71)25(3)86-54)50(42(76)33(18-67)89-59)92-58-52(46(80)40(74)32(17-66)88-58)93-56-49(83)44(78)39(73)31(16-65)87-56/h24-25,29-59,65-68,70-83H,8-23H2,1-7H3. The van der Waals surface area contributed by atoms with Gasteiger partial charge in [0.2, 0.25) is 0 Å². The van der Waals surface area contributed by atoms with Gasteiger partial charge in [-0.1, -0.05) is 52.7 Å². The third-order valence-electron chi connectivity index (χ3n) is 24.4. The fourth-order valence-electron chi connectivity index (χ4n) is 18.2. The van der Waals surface area contributed by atoms with Gasteiger partial charge in [0, 0.05) is 11.8 Å². The summed E-state index contributed by atoms with van der Waals surface area (Å²) in [5.74, 6) is 0.231. The van der Waals surface area contributed by atoms with Gasteiger partial charge < -0.3 is 153 Å². The van der Waals surface area contributed by atoms with Crippen LogP contribution in [0.4, 0.5) is 0 Å². The second kappa shape index (κ2) is 29.0. The first-order chi connectivity index (χ1) is 45.3. The molecule has 0 amide bonds. The molecule has 0 radical (unpaired) electrons. The van der Waals surface area contributed by atoms with E-state index in [9.17, 15) is 96.7 Å². The zero-order valence-electron chi connectivity index (χ0n) is 55.1. The molecule has 96 heavy (non-hydrogen) atoms. The maximum Gasteiger partial charge on any atom is 0.187 e. The Bertz CT molecular complexity index is 2680. The predicted molar refractivity (Wildman–Crippen MR) is 318 cm³/mol. The van der Waals surface area contributed by atoms with Crippen molar-refractivity contribution in [1.29, 1.82) is 0 Å². The molecule has 0 aromatic carbocycles. The third-order valence-corrected chi connectivity index (χ3v) is 24.4. The van der Waals surface area contributed by atoms with Crippen molar-refractivity contribution in [2.75, 3.05) is 39.6 Å². The van der Waals surface area contributed by atoms with Crippen molar-refractivity contribution in [2.24, 2.45) is 33.5 Å². The Labute approximate surface area is 555 Å². The van der Waals surface area contributed by atoms with E-state index in [0.717, 1.165) is 32.1 Å². The number of ether oxygens (including phenoxy) is 13. The third kappa shape index (κ3) is 13.1. The van der Waals surface area contributed by atoms with E-state index in [-0.39, 0.29) is 40.5 Å². The first-order valence-electron chi connectivity index (χ1n) is 34.0. The molecule has 18 N–H and O–H groups in total. The smallest absolute Gasteiger partial charge is 0.187 e. The molecule has 32 nitrogen and oxygen atoms in total. The summed E-state index contributed by atoms with van der Waals surface area (Å²) < 4.78 is 79.6. The van der Waals surface area contributed by atoms with Gasteiger partial charge in [0.25, 0.3) is 0 Å². The van der Waals surface area contributed by atoms with Gasteiger partial charge in [-0.15, -0.1) is 0 Å². The summed E-state index contributed by atoms with van der Waals surface area (Å²) in [6.07, 6.45) is -49.2. The minimum atomic E-state index is -2.16. The number of allylic oxidation sites excluding steroid dienone is 2. The van der Waals surface area contributed by atoms with Crippen LogP contribution in [0.1, 0.15) is 113 Å². The number of aliphatic hydroxyl groups excluding tert-OH is 18. The van der Waals surface area contributed by atoms with Gasteiger partial charge in [0.15, 0.2) is 43.5 Å². The van der Waals surface area contributed by atoms with Crippen molar-refractivity contribution in [3.63, 3.8) is 0 Å². The summed E-state index contributed by atoms with van der Waals surface area (Å²) in [6.45, 7) is 9.77. The Morgan fingerprint density at radius 1 is 0.510 bits per heavy atom. The number of hydrogen-bond donors (Lipinski definition) is 18. The van der Waals surface area contributed by atoms with E-state index >= 15 is 0 Å². The second-order valence-electron chi connectivity index (χ2n) is 30.0. The number of hydrogen-bond acceptors (Lipinski definition) is 32. The number of carbonyl (C=O) groups is 1. The summed E-state index contributed by atoms with van der Waals surface area (Å²) in [6, 6.07) is 0. The first-order valence-corrected chi connectivity index (χ1v) is 34.0. The minimum absolute atomic E-state index is 0.0683. The van der Waals surface area contributed by atoms with E-state index in [1.54, 1.807) is 0 Å². The number of Topliss-reactive ketones (excluding diaryl/α,β-unsaturated/α-hetero) is 1. The van der Waals surface area contributed by atoms with Crippen molar-refractivity contribution in [1.82, 2.24) is 0 Å². The van der Waals surface area contributed by atoms with E-state index in [1.807, 2.05) is 13.8 Å². The van der Waals surface area contributed by atoms with Crippen molar-refractivity contribution in [3.8, 4) is 0 Å². The highest BCUT2D eigenvalue weighted by molar-refractivity contribution is 5.83. The molecule has 7 saturated heterocycles. The highest BCUT2D eigenvalue weighted by atomic mass is 16.8. The molecular formula is C64H104O32. The zero-order chi connectivity index (χ0) is 69.8. The Morgan fingerprint density at radius 3 is 1.66 bits per heavy atom. The van der Waals surface area contributed by atoms with E-state index < -0.39 is 234 Å². The highest BCUT2D eigenvalue weighted by Gasteiger charge is 2.69. The summed E-state index contributed by atoms with van der Waals surface area (Å²) in [4.78, 5) is 13.0. The molecule has 0 aromatic heterocycles. The molecular weight excluding hydrogens is 1280 g/mol. The average Bonchev–Trinajstić information content (AvgIpc) is 1.46. The summed E-state index contributed by atoms with van der Waals surface area (Å²) in [7, 11) is 0. The van der Waals surface area contributed by atoms with Crippen LogP contribution in [0.25, 0.3) is 0 Å². The maximum absolute atomic E-state index is 13.0. The van der Waals surface area contributed by atoms with Gasteiger partial charge in [-0.2, -0.15) is 0 Å². The normalized spacial score (nSPS) is 54.6. The lowest BCUT2D eigenvalue weighted by molar-refractivity contribution is -0.414. The van der Waals surface area contributed by atoms with Gasteiger partial charge in [-0.25, -0.2) is 0 Å². The molecule has 1 spiro atoms. The summed E-state index contributed by atoms with van der Waals surface area (Å²) >= 11 is 0. The van der Waals surface area contributed by atoms with Crippen LogP contribution >= 0.6 is 0 Å². The zero-order valence-corrected chi connectivity index (χ0v) is 55.1. The largest absolute Gasteiger partial charge is 0.396 e. The minimum Gasteiger partial charge on any atom is -0.396 e. The molecule has 552 valence electrons. The van der Waals surface area contributed by atoms with Gasteiger partial charge >= 0.3 is 0 Å². The molecule has 9 fully saturated rings. The van der Waals surface area contributed by atoms with Crippen LogP contribution in [-0.2, 0) is 66.4 Å². The lowest BCUT2D eigenvalue weighted by Crippen LogP contribution is -2.69. The average molecular weight is 1390 g/mol. The van der Waals surface area contributed by atoms with Crippen molar-refractivity contribution < 1.29 is 158 Å². The van der Waals surface area contributed by atoms with Crippen LogP contribution < -0.4 is 0 Å². The molecule has 11 aliphatic rings. The molecule has 2 saturated carbocycles. The predicted octanol–water partition coefficient (Wildman–Crippen LogP) is -5.79. The fraction of sp³-hybridized carbons (Fsp3) is 0.953. The van der Waals surface area contributed by atoms with Crippen LogP contribution in [0.2, 0.25) is 0 Å². The molecule has 4 aliphatic carbocycles. The lowest BCUT2D eigenvalue weighted by Gasteiger charge is -2.62. The van der Waals surface area contributed by atoms with E-state index in [0.29, 0.717) is 32.1 Å². The molecule has 7 heterocycles. The number of aliphatic hydroxyl groups is 18. The number of rotatable bonds is 19. The van der Waals surface area contributed by atoms with Crippen LogP contribution in [0.5, 0.6) is 0 Å². The maximum atomic E-state index is 13.0. The van der Waals surface area contributed by atoms with Crippen molar-refractivity contribution in [3.05, 3.63) is 11.1 Å². The number of fused-ring (bicyclic) bond motifs is 4. The van der Waals surface area contributed by atoms with E-state index in [2.05, 4.69) is 27.7 Å². The lowest BCUT2D eigenvalue weighted by atomic mass is 9.44. The Hall–Kier alpha value is -1.83. The molecule has 38 unspecified atom stereocenters. The SMILES string of the molecule is CCC(=O)C1CC(C)C2(CC3(C)CCC4=C(CCC5C4(C)CCC(OC4OC(COC6OCC(O)C(O)C6OC6OC(CO)C(O)C(OC7OC(CO)C(O)C(O)C7OC7OC(CO)C(O)C(O)C7O)C6OC6OC(C)C(O)C(O)C6O)C(O)C(O)C4O)C5(C)CO)C3(C)C2)O1. The quantitative estimate of drug-likeness (QED) is 0.0536. The van der Waals surface area contributed by atoms with Crippen molar-refractivity contribution >= 4 is 5.78 Å². The summed E-state index contributed by atoms with van der Waals surface area (Å²) in [5, 5.41) is 199. The Kier molecular flexibility index (Phi) is 22.8. The Morgan fingerprint density at radius 2 is 1.03 bits per heavy atom. The monoisotopic (exact) mass is 1380 g/mol. The van der Waals surface area contributed by atoms with Crippen LogP contribution in [0.15, 0.2) is 11.1 Å². The second-order valence-corrected chi connectivity index (χ2v) is 30.0. The first kappa shape index (κ1) is 75.3. The molecule has 7 aliphatic heterocycles. The van der Waals surface area contributed by atoms with Gasteiger partial charge in [-0.05, 0) is 92.8 Å². The fourth-order valence-corrected chi connectivity index (χ4v) is 18.2. The van der Waals surface area contributed by atoms with Gasteiger partial charge in [-0.3, -0.25) is 4.79 Å². The molecule has 38 atom stereocenters. The van der Waals surface area contributed by atoms with E-state index in [1.165, 1.54) is 18.1 Å². The van der Waals surface area contributed by atoms with Crippen LogP contribution in [0, 0.1) is 33.5 Å². The Balaban J connectivity index is 0.823.